The minimum Gasteiger partial charge on any atom is -0.379 e. The van der Waals surface area contributed by atoms with E-state index in [0.717, 1.165) is 19.8 Å². The Morgan fingerprint density at radius 2 is 1.84 bits per heavy atom. The summed E-state index contributed by atoms with van der Waals surface area (Å²) in [6.45, 7) is 5.16. The van der Waals surface area contributed by atoms with Crippen molar-refractivity contribution < 1.29 is 4.74 Å². The van der Waals surface area contributed by atoms with Gasteiger partial charge in [0.2, 0.25) is 0 Å². The number of rotatable bonds is 6. The molecule has 0 unspecified atom stereocenters. The molecule has 0 atom stereocenters. The summed E-state index contributed by atoms with van der Waals surface area (Å²) in [6, 6.07) is 9.33. The van der Waals surface area contributed by atoms with Crippen LogP contribution in [0, 0.1) is 5.41 Å². The van der Waals surface area contributed by atoms with E-state index >= 15 is 0 Å². The molecule has 1 aromatic carbocycles. The van der Waals surface area contributed by atoms with Crippen LogP contribution >= 0.6 is 0 Å². The van der Waals surface area contributed by atoms with Gasteiger partial charge in [0, 0.05) is 12.0 Å². The van der Waals surface area contributed by atoms with Crippen LogP contribution < -0.4 is 5.32 Å². The van der Waals surface area contributed by atoms with Gasteiger partial charge in [-0.25, -0.2) is 0 Å². The highest BCUT2D eigenvalue weighted by Gasteiger charge is 2.62. The summed E-state index contributed by atoms with van der Waals surface area (Å²) in [7, 11) is 2.07. The van der Waals surface area contributed by atoms with Gasteiger partial charge in [-0.05, 0) is 42.9 Å². The van der Waals surface area contributed by atoms with Crippen LogP contribution in [-0.2, 0) is 16.6 Å². The van der Waals surface area contributed by atoms with Crippen LogP contribution in [0.4, 0.5) is 0 Å². The molecule has 1 saturated heterocycles. The lowest BCUT2D eigenvalue weighted by Crippen LogP contribution is -2.56. The maximum absolute atomic E-state index is 5.62. The molecule has 0 amide bonds. The van der Waals surface area contributed by atoms with Gasteiger partial charge in [0.05, 0.1) is 13.2 Å². The molecule has 0 aromatic heterocycles. The zero-order valence-electron chi connectivity index (χ0n) is 12.2. The van der Waals surface area contributed by atoms with Gasteiger partial charge in [-0.15, -0.1) is 0 Å². The largest absolute Gasteiger partial charge is 0.379 e. The monoisotopic (exact) mass is 259 g/mol. The van der Waals surface area contributed by atoms with Crippen molar-refractivity contribution >= 4 is 0 Å². The molecule has 2 heteroatoms. The van der Waals surface area contributed by atoms with Crippen molar-refractivity contribution in [2.75, 3.05) is 26.8 Å². The second-order valence-electron chi connectivity index (χ2n) is 6.33. The summed E-state index contributed by atoms with van der Waals surface area (Å²) < 4.78 is 5.62. The van der Waals surface area contributed by atoms with Gasteiger partial charge in [0.1, 0.15) is 0 Å². The average Bonchev–Trinajstić information content (AvgIpc) is 3.12. The lowest BCUT2D eigenvalue weighted by molar-refractivity contribution is -0.0986. The predicted octanol–water partition coefficient (Wildman–Crippen LogP) is 2.91. The van der Waals surface area contributed by atoms with Gasteiger partial charge >= 0.3 is 0 Å². The molecule has 2 aliphatic rings. The van der Waals surface area contributed by atoms with Gasteiger partial charge in [0.25, 0.3) is 0 Å². The van der Waals surface area contributed by atoms with Gasteiger partial charge in [-0.3, -0.25) is 0 Å². The first kappa shape index (κ1) is 13.1. The molecule has 0 radical (unpaired) electrons. The third-order valence-corrected chi connectivity index (χ3v) is 5.13. The Morgan fingerprint density at radius 1 is 1.16 bits per heavy atom. The molecule has 1 aromatic rings. The second-order valence-corrected chi connectivity index (χ2v) is 6.33. The van der Waals surface area contributed by atoms with E-state index in [4.69, 9.17) is 4.74 Å². The zero-order chi connectivity index (χ0) is 13.3. The molecule has 2 nitrogen and oxygen atoms in total. The molecule has 1 heterocycles. The van der Waals surface area contributed by atoms with Crippen LogP contribution in [0.1, 0.15) is 37.3 Å². The Labute approximate surface area is 116 Å². The van der Waals surface area contributed by atoms with E-state index in [2.05, 4.69) is 43.6 Å². The molecule has 104 valence electrons. The highest BCUT2D eigenvalue weighted by molar-refractivity contribution is 5.37. The van der Waals surface area contributed by atoms with Gasteiger partial charge in [-0.2, -0.15) is 0 Å². The summed E-state index contributed by atoms with van der Waals surface area (Å²) in [4.78, 5) is 0. The minimum atomic E-state index is 0.279. The fraction of sp³-hybridized carbons (Fsp3) is 0.647. The van der Waals surface area contributed by atoms with Crippen molar-refractivity contribution in [3.05, 3.63) is 35.4 Å². The van der Waals surface area contributed by atoms with E-state index in [0.29, 0.717) is 5.41 Å². The molecule has 1 N–H and O–H groups in total. The summed E-state index contributed by atoms with van der Waals surface area (Å²) in [6.07, 6.45) is 5.09. The Morgan fingerprint density at radius 3 is 2.26 bits per heavy atom. The molecular formula is C17H25NO. The molecule has 2 fully saturated rings. The Hall–Kier alpha value is -0.860. The third kappa shape index (κ3) is 2.02. The van der Waals surface area contributed by atoms with Crippen molar-refractivity contribution in [1.29, 1.82) is 0 Å². The van der Waals surface area contributed by atoms with Crippen molar-refractivity contribution in [2.45, 2.75) is 38.0 Å². The molecular weight excluding hydrogens is 234 g/mol. The van der Waals surface area contributed by atoms with E-state index in [1.165, 1.54) is 36.8 Å². The average molecular weight is 259 g/mol. The number of ether oxygens (including phenoxy) is 1. The molecule has 1 aliphatic heterocycles. The summed E-state index contributed by atoms with van der Waals surface area (Å²) in [5.74, 6) is 0. The van der Waals surface area contributed by atoms with E-state index in [9.17, 15) is 0 Å². The molecule has 0 bridgehead atoms. The van der Waals surface area contributed by atoms with Gasteiger partial charge < -0.3 is 10.1 Å². The fourth-order valence-corrected chi connectivity index (χ4v) is 3.68. The number of aryl methyl sites for hydroxylation is 1. The van der Waals surface area contributed by atoms with Crippen LogP contribution in [0.2, 0.25) is 0 Å². The van der Waals surface area contributed by atoms with Crippen LogP contribution in [0.3, 0.4) is 0 Å². The highest BCUT2D eigenvalue weighted by atomic mass is 16.5. The smallest absolute Gasteiger partial charge is 0.0591 e. The maximum atomic E-state index is 5.62. The Bertz CT molecular complexity index is 429. The van der Waals surface area contributed by atoms with Crippen LogP contribution in [0.15, 0.2) is 24.3 Å². The third-order valence-electron chi connectivity index (χ3n) is 5.13. The number of nitrogens with one attached hydrogen (secondary N) is 1. The first-order valence-electron chi connectivity index (χ1n) is 7.58. The second kappa shape index (κ2) is 4.92. The lowest BCUT2D eigenvalue weighted by Gasteiger charge is -2.48. The maximum Gasteiger partial charge on any atom is 0.0591 e. The zero-order valence-corrected chi connectivity index (χ0v) is 12.2. The Kier molecular flexibility index (Phi) is 3.40. The summed E-state index contributed by atoms with van der Waals surface area (Å²) in [5, 5.41) is 3.39. The van der Waals surface area contributed by atoms with Crippen molar-refractivity contribution in [3.8, 4) is 0 Å². The number of hydrogen-bond acceptors (Lipinski definition) is 2. The van der Waals surface area contributed by atoms with Crippen LogP contribution in [0.25, 0.3) is 0 Å². The number of hydrogen-bond donors (Lipinski definition) is 1. The molecule has 0 spiro atoms. The molecule has 19 heavy (non-hydrogen) atoms. The van der Waals surface area contributed by atoms with Crippen molar-refractivity contribution in [1.82, 2.24) is 5.32 Å². The molecule has 1 aliphatic carbocycles. The van der Waals surface area contributed by atoms with Crippen molar-refractivity contribution in [3.63, 3.8) is 0 Å². The van der Waals surface area contributed by atoms with E-state index < -0.39 is 0 Å². The standard InChI is InChI=1S/C17H25NO/c1-3-4-14-5-7-15(8-6-14)17(12-19-13-17)16(9-10-16)11-18-2/h5-8,18H,3-4,9-13H2,1-2H3. The van der Waals surface area contributed by atoms with Crippen LogP contribution in [-0.4, -0.2) is 26.8 Å². The summed E-state index contributed by atoms with van der Waals surface area (Å²) >= 11 is 0. The highest BCUT2D eigenvalue weighted by Crippen LogP contribution is 2.62. The van der Waals surface area contributed by atoms with Gasteiger partial charge in [-0.1, -0.05) is 37.6 Å². The van der Waals surface area contributed by atoms with Gasteiger partial charge in [0.15, 0.2) is 0 Å². The normalized spacial score (nSPS) is 22.8. The quantitative estimate of drug-likeness (QED) is 0.848. The topological polar surface area (TPSA) is 21.3 Å². The predicted molar refractivity (Wildman–Crippen MR) is 78.5 cm³/mol. The summed E-state index contributed by atoms with van der Waals surface area (Å²) in [5.41, 5.74) is 3.68. The van der Waals surface area contributed by atoms with E-state index in [1.54, 1.807) is 0 Å². The van der Waals surface area contributed by atoms with E-state index in [-0.39, 0.29) is 5.41 Å². The minimum absolute atomic E-state index is 0.279. The first-order valence-corrected chi connectivity index (χ1v) is 7.58. The fourth-order valence-electron chi connectivity index (χ4n) is 3.68. The van der Waals surface area contributed by atoms with Crippen molar-refractivity contribution in [2.24, 2.45) is 5.41 Å². The Balaban J connectivity index is 1.86. The first-order chi connectivity index (χ1) is 9.26. The van der Waals surface area contributed by atoms with Crippen LogP contribution in [0.5, 0.6) is 0 Å². The lowest BCUT2D eigenvalue weighted by atomic mass is 9.66. The van der Waals surface area contributed by atoms with E-state index in [1.807, 2.05) is 0 Å². The SMILES string of the molecule is CCCc1ccc(C2(C3(CNC)CC3)COC2)cc1. The number of benzene rings is 1. The molecule has 3 rings (SSSR count). The molecule has 1 saturated carbocycles.